The second-order valence-corrected chi connectivity index (χ2v) is 7.66. The Bertz CT molecular complexity index is 1140. The maximum atomic E-state index is 12.8. The lowest BCUT2D eigenvalue weighted by molar-refractivity contribution is -0.123. The molecule has 3 amide bonds. The molecule has 1 heterocycles. The maximum absolute atomic E-state index is 12.8. The quantitative estimate of drug-likeness (QED) is 0.601. The number of hydrogen-bond acceptors (Lipinski definition) is 4. The molecule has 1 aliphatic rings. The van der Waals surface area contributed by atoms with Crippen LogP contribution in [0, 0.1) is 5.92 Å². The molecule has 1 atom stereocenters. The van der Waals surface area contributed by atoms with Gasteiger partial charge in [-0.1, -0.05) is 36.4 Å². The minimum absolute atomic E-state index is 0.0596. The van der Waals surface area contributed by atoms with E-state index in [-0.39, 0.29) is 30.7 Å². The number of carbonyl (C=O) groups is 3. The molecular formula is C25H25N3O4. The van der Waals surface area contributed by atoms with E-state index in [1.54, 1.807) is 29.2 Å². The van der Waals surface area contributed by atoms with Crippen LogP contribution >= 0.6 is 0 Å². The lowest BCUT2D eigenvalue weighted by Gasteiger charge is -2.19. The van der Waals surface area contributed by atoms with E-state index < -0.39 is 5.92 Å². The van der Waals surface area contributed by atoms with Crippen LogP contribution in [-0.4, -0.2) is 37.4 Å². The molecule has 3 aromatic rings. The van der Waals surface area contributed by atoms with Gasteiger partial charge in [0, 0.05) is 30.6 Å². The summed E-state index contributed by atoms with van der Waals surface area (Å²) in [6.45, 7) is 2.67. The number of amides is 3. The van der Waals surface area contributed by atoms with Crippen LogP contribution in [0.2, 0.25) is 0 Å². The van der Waals surface area contributed by atoms with E-state index in [1.807, 2.05) is 49.4 Å². The Morgan fingerprint density at radius 3 is 2.56 bits per heavy atom. The highest BCUT2D eigenvalue weighted by Crippen LogP contribution is 2.32. The molecule has 0 bridgehead atoms. The van der Waals surface area contributed by atoms with E-state index in [0.29, 0.717) is 24.5 Å². The molecule has 0 saturated carbocycles. The Morgan fingerprint density at radius 1 is 1.03 bits per heavy atom. The fraction of sp³-hybridized carbons (Fsp3) is 0.240. The number of fused-ring (bicyclic) bond motifs is 1. The first-order chi connectivity index (χ1) is 15.5. The predicted molar refractivity (Wildman–Crippen MR) is 124 cm³/mol. The molecule has 0 aliphatic carbocycles. The molecule has 3 aromatic carbocycles. The first kappa shape index (κ1) is 21.4. The fourth-order valence-corrected chi connectivity index (χ4v) is 3.84. The summed E-state index contributed by atoms with van der Waals surface area (Å²) in [7, 11) is 0. The van der Waals surface area contributed by atoms with Gasteiger partial charge in [0.1, 0.15) is 5.75 Å². The maximum Gasteiger partial charge on any atom is 0.257 e. The Morgan fingerprint density at radius 2 is 1.78 bits per heavy atom. The summed E-state index contributed by atoms with van der Waals surface area (Å²) >= 11 is 0. The minimum Gasteiger partial charge on any atom is -0.484 e. The van der Waals surface area contributed by atoms with Gasteiger partial charge in [0.2, 0.25) is 11.8 Å². The molecule has 7 heteroatoms. The molecule has 1 saturated heterocycles. The largest absolute Gasteiger partial charge is 0.484 e. The van der Waals surface area contributed by atoms with Crippen LogP contribution in [0.4, 0.5) is 11.4 Å². The molecule has 32 heavy (non-hydrogen) atoms. The first-order valence-electron chi connectivity index (χ1n) is 10.6. The number of nitrogens with one attached hydrogen (secondary N) is 2. The van der Waals surface area contributed by atoms with Gasteiger partial charge in [-0.25, -0.2) is 0 Å². The SMILES string of the molecule is CCNC(=O)COc1ccc(NC(=O)C2CC(=O)N(c3cccc4ccccc34)C2)cc1. The number of ether oxygens (including phenoxy) is 1. The molecule has 1 unspecified atom stereocenters. The zero-order valence-corrected chi connectivity index (χ0v) is 17.8. The Labute approximate surface area is 186 Å². The van der Waals surface area contributed by atoms with Crippen LogP contribution in [0.1, 0.15) is 13.3 Å². The highest BCUT2D eigenvalue weighted by molar-refractivity contribution is 6.08. The molecule has 4 rings (SSSR count). The van der Waals surface area contributed by atoms with Crippen molar-refractivity contribution < 1.29 is 19.1 Å². The number of hydrogen-bond donors (Lipinski definition) is 2. The standard InChI is InChI=1S/C25H25N3O4/c1-2-26-23(29)16-32-20-12-10-19(11-13-20)27-25(31)18-14-24(30)28(15-18)22-9-5-7-17-6-3-4-8-21(17)22/h3-13,18H,2,14-16H2,1H3,(H,26,29)(H,27,31). The van der Waals surface area contributed by atoms with E-state index in [4.69, 9.17) is 4.74 Å². The summed E-state index contributed by atoms with van der Waals surface area (Å²) in [6, 6.07) is 20.6. The fourth-order valence-electron chi connectivity index (χ4n) is 3.84. The molecule has 0 aromatic heterocycles. The summed E-state index contributed by atoms with van der Waals surface area (Å²) in [4.78, 5) is 38.7. The molecule has 164 valence electrons. The highest BCUT2D eigenvalue weighted by Gasteiger charge is 2.35. The first-order valence-corrected chi connectivity index (χ1v) is 10.6. The Balaban J connectivity index is 1.38. The second-order valence-electron chi connectivity index (χ2n) is 7.66. The van der Waals surface area contributed by atoms with Gasteiger partial charge in [-0.3, -0.25) is 14.4 Å². The van der Waals surface area contributed by atoms with Gasteiger partial charge in [0.25, 0.3) is 5.91 Å². The van der Waals surface area contributed by atoms with Gasteiger partial charge in [-0.05, 0) is 42.6 Å². The van der Waals surface area contributed by atoms with E-state index in [9.17, 15) is 14.4 Å². The zero-order valence-electron chi connectivity index (χ0n) is 17.8. The predicted octanol–water partition coefficient (Wildman–Crippen LogP) is 3.35. The molecule has 7 nitrogen and oxygen atoms in total. The Kier molecular flexibility index (Phi) is 6.35. The van der Waals surface area contributed by atoms with Crippen LogP contribution in [0.25, 0.3) is 10.8 Å². The summed E-state index contributed by atoms with van der Waals surface area (Å²) in [5, 5.41) is 7.58. The molecule has 1 fully saturated rings. The van der Waals surface area contributed by atoms with Crippen molar-refractivity contribution in [2.24, 2.45) is 5.92 Å². The van der Waals surface area contributed by atoms with E-state index in [1.165, 1.54) is 0 Å². The van der Waals surface area contributed by atoms with Crippen LogP contribution < -0.4 is 20.3 Å². The van der Waals surface area contributed by atoms with Crippen molar-refractivity contribution >= 4 is 39.9 Å². The average Bonchev–Trinajstić information content (AvgIpc) is 3.20. The monoisotopic (exact) mass is 431 g/mol. The molecule has 0 spiro atoms. The van der Waals surface area contributed by atoms with Crippen LogP contribution in [0.15, 0.2) is 66.7 Å². The van der Waals surface area contributed by atoms with Gasteiger partial charge in [-0.15, -0.1) is 0 Å². The van der Waals surface area contributed by atoms with E-state index >= 15 is 0 Å². The van der Waals surface area contributed by atoms with Gasteiger partial charge in [0.15, 0.2) is 6.61 Å². The van der Waals surface area contributed by atoms with E-state index in [0.717, 1.165) is 16.5 Å². The highest BCUT2D eigenvalue weighted by atomic mass is 16.5. The van der Waals surface area contributed by atoms with Gasteiger partial charge in [-0.2, -0.15) is 0 Å². The van der Waals surface area contributed by atoms with Gasteiger partial charge >= 0.3 is 0 Å². The summed E-state index contributed by atoms with van der Waals surface area (Å²) in [5.41, 5.74) is 1.44. The smallest absolute Gasteiger partial charge is 0.257 e. The molecule has 2 N–H and O–H groups in total. The summed E-state index contributed by atoms with van der Waals surface area (Å²) < 4.78 is 5.42. The number of rotatable bonds is 7. The van der Waals surface area contributed by atoms with Crippen molar-refractivity contribution in [3.63, 3.8) is 0 Å². The normalized spacial score (nSPS) is 15.6. The molecular weight excluding hydrogens is 406 g/mol. The zero-order chi connectivity index (χ0) is 22.5. The van der Waals surface area contributed by atoms with Crippen molar-refractivity contribution in [1.82, 2.24) is 5.32 Å². The van der Waals surface area contributed by atoms with Crippen LogP contribution in [-0.2, 0) is 14.4 Å². The lowest BCUT2D eigenvalue weighted by atomic mass is 10.1. The third-order valence-corrected chi connectivity index (χ3v) is 5.42. The summed E-state index contributed by atoms with van der Waals surface area (Å²) in [5.74, 6) is -0.346. The third kappa shape index (κ3) is 4.72. The van der Waals surface area contributed by atoms with Gasteiger partial charge < -0.3 is 20.3 Å². The number of likely N-dealkylation sites (N-methyl/N-ethyl adjacent to an activating group) is 1. The lowest BCUT2D eigenvalue weighted by Crippen LogP contribution is -2.28. The van der Waals surface area contributed by atoms with Crippen LogP contribution in [0.5, 0.6) is 5.75 Å². The third-order valence-electron chi connectivity index (χ3n) is 5.42. The van der Waals surface area contributed by atoms with Gasteiger partial charge in [0.05, 0.1) is 11.6 Å². The van der Waals surface area contributed by atoms with Crippen molar-refractivity contribution in [3.8, 4) is 5.75 Å². The number of nitrogens with zero attached hydrogens (tertiary/aromatic N) is 1. The molecule has 0 radical (unpaired) electrons. The van der Waals surface area contributed by atoms with Crippen molar-refractivity contribution in [2.75, 3.05) is 29.9 Å². The van der Waals surface area contributed by atoms with Crippen molar-refractivity contribution in [3.05, 3.63) is 66.7 Å². The van der Waals surface area contributed by atoms with Crippen molar-refractivity contribution in [2.45, 2.75) is 13.3 Å². The number of benzene rings is 3. The van der Waals surface area contributed by atoms with E-state index in [2.05, 4.69) is 10.6 Å². The summed E-state index contributed by atoms with van der Waals surface area (Å²) in [6.07, 6.45) is 0.169. The average molecular weight is 431 g/mol. The number of anilines is 2. The Hall–Kier alpha value is -3.87. The second kappa shape index (κ2) is 9.51. The molecule has 1 aliphatic heterocycles. The van der Waals surface area contributed by atoms with Crippen molar-refractivity contribution in [1.29, 1.82) is 0 Å². The minimum atomic E-state index is -0.435. The van der Waals surface area contributed by atoms with Crippen LogP contribution in [0.3, 0.4) is 0 Å². The number of carbonyl (C=O) groups excluding carboxylic acids is 3. The topological polar surface area (TPSA) is 87.7 Å².